The molecule has 0 heterocycles. The molecule has 0 bridgehead atoms. The van der Waals surface area contributed by atoms with E-state index in [1.54, 1.807) is 24.3 Å². The molecule has 31 heavy (non-hydrogen) atoms. The zero-order valence-corrected chi connectivity index (χ0v) is 21.9. The second kappa shape index (κ2) is 9.57. The van der Waals surface area contributed by atoms with Crippen molar-refractivity contribution in [2.24, 2.45) is 5.92 Å². The van der Waals surface area contributed by atoms with E-state index in [-0.39, 0.29) is 29.9 Å². The minimum atomic E-state index is -0.668. The summed E-state index contributed by atoms with van der Waals surface area (Å²) in [6.07, 6.45) is 3.71. The van der Waals surface area contributed by atoms with Crippen LogP contribution in [0.15, 0.2) is 48.5 Å². The number of halogens is 2. The maximum atomic E-state index is 13.7. The lowest BCUT2D eigenvalue weighted by Gasteiger charge is -2.49. The third kappa shape index (κ3) is 5.75. The SMILES string of the molecule is C[C@H](C1CCCC1P(c1ccc(F)cc1)c1ccc(F)cc1)P(C(C)(C)C)C(C)(C)C. The first-order valence-electron chi connectivity index (χ1n) is 11.5. The Morgan fingerprint density at radius 2 is 1.16 bits per heavy atom. The Hall–Kier alpha value is -0.840. The monoisotopic (exact) mass is 462 g/mol. The molecule has 0 aromatic heterocycles. The lowest BCUT2D eigenvalue weighted by atomic mass is 10.0. The molecule has 0 N–H and O–H groups in total. The minimum absolute atomic E-state index is 0.196. The van der Waals surface area contributed by atoms with E-state index >= 15 is 0 Å². The van der Waals surface area contributed by atoms with Crippen LogP contribution in [0, 0.1) is 17.6 Å². The molecule has 1 fully saturated rings. The van der Waals surface area contributed by atoms with Gasteiger partial charge in [-0.3, -0.25) is 0 Å². The summed E-state index contributed by atoms with van der Waals surface area (Å²) in [5.74, 6) is 0.252. The van der Waals surface area contributed by atoms with E-state index in [0.717, 1.165) is 0 Å². The lowest BCUT2D eigenvalue weighted by Crippen LogP contribution is -2.37. The average molecular weight is 463 g/mol. The van der Waals surface area contributed by atoms with Gasteiger partial charge in [-0.05, 0) is 83.2 Å². The smallest absolute Gasteiger partial charge is 0.123 e. The third-order valence-electron chi connectivity index (χ3n) is 6.55. The minimum Gasteiger partial charge on any atom is -0.207 e. The fraction of sp³-hybridized carbons (Fsp3) is 0.556. The first-order chi connectivity index (χ1) is 14.4. The van der Waals surface area contributed by atoms with E-state index in [1.807, 2.05) is 24.3 Å². The molecule has 0 aliphatic heterocycles. The van der Waals surface area contributed by atoms with Crippen molar-refractivity contribution in [2.75, 3.05) is 0 Å². The lowest BCUT2D eigenvalue weighted by molar-refractivity contribution is 0.527. The summed E-state index contributed by atoms with van der Waals surface area (Å²) in [4.78, 5) is 0. The largest absolute Gasteiger partial charge is 0.207 e. The van der Waals surface area contributed by atoms with E-state index in [4.69, 9.17) is 0 Å². The van der Waals surface area contributed by atoms with Gasteiger partial charge in [0.05, 0.1) is 0 Å². The highest BCUT2D eigenvalue weighted by molar-refractivity contribution is 7.73. The van der Waals surface area contributed by atoms with Crippen LogP contribution in [0.25, 0.3) is 0 Å². The topological polar surface area (TPSA) is 0 Å². The Kier molecular flexibility index (Phi) is 7.65. The van der Waals surface area contributed by atoms with Crippen LogP contribution in [0.3, 0.4) is 0 Å². The quantitative estimate of drug-likeness (QED) is 0.395. The summed E-state index contributed by atoms with van der Waals surface area (Å²) < 4.78 is 27.4. The van der Waals surface area contributed by atoms with Crippen LogP contribution in [0.2, 0.25) is 0 Å². The van der Waals surface area contributed by atoms with Crippen molar-refractivity contribution in [2.45, 2.75) is 89.4 Å². The molecule has 0 nitrogen and oxygen atoms in total. The van der Waals surface area contributed by atoms with Gasteiger partial charge >= 0.3 is 0 Å². The molecule has 1 aliphatic carbocycles. The molecule has 2 unspecified atom stereocenters. The fourth-order valence-electron chi connectivity index (χ4n) is 6.01. The molecular weight excluding hydrogens is 424 g/mol. The summed E-state index contributed by atoms with van der Waals surface area (Å²) >= 11 is 0. The van der Waals surface area contributed by atoms with Crippen LogP contribution in [-0.2, 0) is 0 Å². The summed E-state index contributed by atoms with van der Waals surface area (Å²) in [6, 6.07) is 14.2. The second-order valence-corrected chi connectivity index (χ2v) is 17.6. The first-order valence-corrected chi connectivity index (χ1v) is 14.3. The molecule has 0 spiro atoms. The molecule has 4 heteroatoms. The molecular formula is C27H38F2P2. The van der Waals surface area contributed by atoms with E-state index in [0.29, 0.717) is 17.2 Å². The molecule has 170 valence electrons. The Bertz CT molecular complexity index is 787. The molecule has 2 aromatic carbocycles. The molecule has 0 amide bonds. The van der Waals surface area contributed by atoms with Gasteiger partial charge < -0.3 is 0 Å². The van der Waals surface area contributed by atoms with Crippen molar-refractivity contribution in [1.29, 1.82) is 0 Å². The molecule has 2 aromatic rings. The van der Waals surface area contributed by atoms with Crippen LogP contribution in [-0.4, -0.2) is 21.6 Å². The summed E-state index contributed by atoms with van der Waals surface area (Å²) in [6.45, 7) is 17.0. The number of rotatable bonds is 5. The van der Waals surface area contributed by atoms with Gasteiger partial charge in [0, 0.05) is 0 Å². The van der Waals surface area contributed by atoms with Gasteiger partial charge in [0.15, 0.2) is 0 Å². The van der Waals surface area contributed by atoms with Gasteiger partial charge in [-0.15, -0.1) is 0 Å². The zero-order chi connectivity index (χ0) is 23.0. The van der Waals surface area contributed by atoms with E-state index in [1.165, 1.54) is 29.9 Å². The predicted molar refractivity (Wildman–Crippen MR) is 136 cm³/mol. The molecule has 1 aliphatic rings. The van der Waals surface area contributed by atoms with Crippen molar-refractivity contribution in [3.63, 3.8) is 0 Å². The highest BCUT2D eigenvalue weighted by Gasteiger charge is 2.46. The van der Waals surface area contributed by atoms with E-state index in [2.05, 4.69) is 48.5 Å². The third-order valence-corrected chi connectivity index (χ3v) is 13.6. The van der Waals surface area contributed by atoms with Gasteiger partial charge in [-0.2, -0.15) is 0 Å². The average Bonchev–Trinajstić information content (AvgIpc) is 3.12. The van der Waals surface area contributed by atoms with Gasteiger partial charge in [0.2, 0.25) is 0 Å². The Morgan fingerprint density at radius 3 is 1.55 bits per heavy atom. The van der Waals surface area contributed by atoms with Gasteiger partial charge in [-0.25, -0.2) is 8.78 Å². The fourth-order valence-corrected chi connectivity index (χ4v) is 14.6. The van der Waals surface area contributed by atoms with Crippen molar-refractivity contribution >= 4 is 26.5 Å². The van der Waals surface area contributed by atoms with Crippen LogP contribution >= 0.6 is 15.8 Å². The molecule has 0 radical (unpaired) electrons. The Morgan fingerprint density at radius 1 is 0.742 bits per heavy atom. The summed E-state index contributed by atoms with van der Waals surface area (Å²) in [5.41, 5.74) is 1.20. The maximum absolute atomic E-state index is 13.7. The Balaban J connectivity index is 2.03. The van der Waals surface area contributed by atoms with Crippen LogP contribution < -0.4 is 10.6 Å². The van der Waals surface area contributed by atoms with Gasteiger partial charge in [-0.1, -0.05) is 87.1 Å². The summed E-state index contributed by atoms with van der Waals surface area (Å²) in [5, 5.41) is 2.99. The van der Waals surface area contributed by atoms with Crippen LogP contribution in [0.5, 0.6) is 0 Å². The van der Waals surface area contributed by atoms with Crippen LogP contribution in [0.4, 0.5) is 8.78 Å². The number of benzene rings is 2. The number of hydrogen-bond donors (Lipinski definition) is 0. The van der Waals surface area contributed by atoms with E-state index in [9.17, 15) is 8.78 Å². The normalized spacial score (nSPS) is 21.1. The van der Waals surface area contributed by atoms with Gasteiger partial charge in [0.1, 0.15) is 11.6 Å². The van der Waals surface area contributed by atoms with Crippen molar-refractivity contribution < 1.29 is 8.78 Å². The second-order valence-electron chi connectivity index (χ2n) is 10.9. The molecule has 3 rings (SSSR count). The van der Waals surface area contributed by atoms with Crippen LogP contribution in [0.1, 0.15) is 67.7 Å². The molecule has 0 saturated heterocycles. The van der Waals surface area contributed by atoms with Gasteiger partial charge in [0.25, 0.3) is 0 Å². The molecule has 1 saturated carbocycles. The first kappa shape index (κ1) is 24.8. The van der Waals surface area contributed by atoms with Crippen molar-refractivity contribution in [3.05, 3.63) is 60.2 Å². The summed E-state index contributed by atoms with van der Waals surface area (Å²) in [7, 11) is -0.892. The Labute approximate surface area is 190 Å². The molecule has 3 atom stereocenters. The number of hydrogen-bond acceptors (Lipinski definition) is 0. The van der Waals surface area contributed by atoms with Crippen molar-refractivity contribution in [3.8, 4) is 0 Å². The zero-order valence-electron chi connectivity index (χ0n) is 20.1. The van der Waals surface area contributed by atoms with Crippen molar-refractivity contribution in [1.82, 2.24) is 0 Å². The highest BCUT2D eigenvalue weighted by Crippen LogP contribution is 2.67. The standard InChI is InChI=1S/C27H38F2P2/c1-19(31(26(2,3)4)27(5,6)7)24-9-8-10-25(24)30(22-15-11-20(28)12-16-22)23-17-13-21(29)14-18-23/h11-19,24-25H,8-10H2,1-7H3/t19-,24?,25?/m1/s1. The maximum Gasteiger partial charge on any atom is 0.123 e. The highest BCUT2D eigenvalue weighted by atomic mass is 31.1. The predicted octanol–water partition coefficient (Wildman–Crippen LogP) is 8.03. The van der Waals surface area contributed by atoms with E-state index < -0.39 is 7.92 Å².